The van der Waals surface area contributed by atoms with Crippen LogP contribution in [0.5, 0.6) is 0 Å². The molecule has 0 saturated carbocycles. The van der Waals surface area contributed by atoms with Crippen molar-refractivity contribution in [2.24, 2.45) is 0 Å². The lowest BCUT2D eigenvalue weighted by atomic mass is 10.1. The molecule has 0 fully saturated rings. The third-order valence-electron chi connectivity index (χ3n) is 1.48. The summed E-state index contributed by atoms with van der Waals surface area (Å²) in [6, 6.07) is 7.33. The van der Waals surface area contributed by atoms with E-state index < -0.39 is 0 Å². The number of allylic oxidation sites excluding steroid dienone is 1. The van der Waals surface area contributed by atoms with Gasteiger partial charge < -0.3 is 0 Å². The minimum Gasteiger partial charge on any atom is -0.298 e. The first-order valence-corrected chi connectivity index (χ1v) is 4.43. The minimum absolute atomic E-state index is 0.141. The predicted molar refractivity (Wildman–Crippen MR) is 54.2 cm³/mol. The van der Waals surface area contributed by atoms with Crippen LogP contribution >= 0.6 is 15.9 Å². The minimum atomic E-state index is 0.141. The van der Waals surface area contributed by atoms with Gasteiger partial charge in [-0.3, -0.25) is 9.59 Å². The third kappa shape index (κ3) is 2.95. The summed E-state index contributed by atoms with van der Waals surface area (Å²) in [7, 11) is 0. The number of benzene rings is 1. The van der Waals surface area contributed by atoms with E-state index in [0.29, 0.717) is 12.6 Å². The molecular formula is C10H7BrO2. The number of halogens is 1. The lowest BCUT2D eigenvalue weighted by molar-refractivity contribution is -0.109. The van der Waals surface area contributed by atoms with Gasteiger partial charge in [-0.2, -0.15) is 0 Å². The van der Waals surface area contributed by atoms with E-state index in [4.69, 9.17) is 0 Å². The van der Waals surface area contributed by atoms with E-state index in [9.17, 15) is 9.59 Å². The zero-order chi connectivity index (χ0) is 9.68. The molecule has 13 heavy (non-hydrogen) atoms. The zero-order valence-electron chi connectivity index (χ0n) is 6.74. The fourth-order valence-electron chi connectivity index (χ4n) is 0.847. The van der Waals surface area contributed by atoms with Crippen molar-refractivity contribution in [3.63, 3.8) is 0 Å². The Morgan fingerprint density at radius 2 is 1.62 bits per heavy atom. The van der Waals surface area contributed by atoms with Gasteiger partial charge in [-0.1, -0.05) is 28.1 Å². The Morgan fingerprint density at radius 1 is 1.08 bits per heavy atom. The Labute approximate surface area is 84.4 Å². The van der Waals surface area contributed by atoms with Gasteiger partial charge in [0, 0.05) is 4.47 Å². The van der Waals surface area contributed by atoms with Crippen molar-refractivity contribution in [3.05, 3.63) is 39.9 Å². The number of hydrogen-bond donors (Lipinski definition) is 0. The van der Waals surface area contributed by atoms with Crippen molar-refractivity contribution in [2.45, 2.75) is 0 Å². The lowest BCUT2D eigenvalue weighted by Gasteiger charge is -1.93. The van der Waals surface area contributed by atoms with Crippen LogP contribution in [0.15, 0.2) is 34.3 Å². The second-order valence-corrected chi connectivity index (χ2v) is 3.35. The Kier molecular flexibility index (Phi) is 3.58. The third-order valence-corrected chi connectivity index (χ3v) is 2.00. The van der Waals surface area contributed by atoms with E-state index in [1.165, 1.54) is 6.08 Å². The van der Waals surface area contributed by atoms with E-state index in [-0.39, 0.29) is 5.57 Å². The van der Waals surface area contributed by atoms with E-state index in [0.717, 1.165) is 10.0 Å². The number of aldehydes is 2. The maximum absolute atomic E-state index is 10.3. The molecule has 1 rings (SSSR count). The number of carbonyl (C=O) groups excluding carboxylic acids is 2. The van der Waals surface area contributed by atoms with Crippen molar-refractivity contribution in [2.75, 3.05) is 0 Å². The van der Waals surface area contributed by atoms with Crippen LogP contribution in [0, 0.1) is 0 Å². The van der Waals surface area contributed by atoms with Crippen LogP contribution in [0.3, 0.4) is 0 Å². The fraction of sp³-hybridized carbons (Fsp3) is 0. The molecule has 1 aromatic carbocycles. The van der Waals surface area contributed by atoms with Crippen molar-refractivity contribution in [1.82, 2.24) is 0 Å². The van der Waals surface area contributed by atoms with Crippen LogP contribution in [0.25, 0.3) is 6.08 Å². The van der Waals surface area contributed by atoms with Gasteiger partial charge >= 0.3 is 0 Å². The lowest BCUT2D eigenvalue weighted by Crippen LogP contribution is -1.84. The van der Waals surface area contributed by atoms with Crippen LogP contribution in [-0.4, -0.2) is 12.6 Å². The Balaban J connectivity index is 2.96. The Bertz CT molecular complexity index is 328. The fourth-order valence-corrected chi connectivity index (χ4v) is 1.11. The SMILES string of the molecule is O=CC(C=O)=Cc1ccc(Br)cc1. The van der Waals surface area contributed by atoms with E-state index >= 15 is 0 Å². The molecule has 3 heteroatoms. The maximum atomic E-state index is 10.3. The Morgan fingerprint density at radius 3 is 2.08 bits per heavy atom. The second-order valence-electron chi connectivity index (χ2n) is 2.43. The van der Waals surface area contributed by atoms with Crippen molar-refractivity contribution >= 4 is 34.6 Å². The molecule has 0 heterocycles. The van der Waals surface area contributed by atoms with Gasteiger partial charge in [0.1, 0.15) is 0 Å². The average molecular weight is 239 g/mol. The van der Waals surface area contributed by atoms with E-state index in [1.54, 1.807) is 0 Å². The molecule has 0 unspecified atom stereocenters. The van der Waals surface area contributed by atoms with Crippen LogP contribution in [0.1, 0.15) is 5.56 Å². The molecule has 0 amide bonds. The monoisotopic (exact) mass is 238 g/mol. The quantitative estimate of drug-likeness (QED) is 0.351. The number of hydrogen-bond acceptors (Lipinski definition) is 2. The molecule has 66 valence electrons. The maximum Gasteiger partial charge on any atom is 0.153 e. The van der Waals surface area contributed by atoms with E-state index in [2.05, 4.69) is 15.9 Å². The Hall–Kier alpha value is -1.22. The molecular weight excluding hydrogens is 232 g/mol. The van der Waals surface area contributed by atoms with Crippen LogP contribution in [-0.2, 0) is 9.59 Å². The summed E-state index contributed by atoms with van der Waals surface area (Å²) >= 11 is 3.29. The standard InChI is InChI=1S/C10H7BrO2/c11-10-3-1-8(2-4-10)5-9(6-12)7-13/h1-7H. The number of carbonyl (C=O) groups is 2. The average Bonchev–Trinajstić information content (AvgIpc) is 2.17. The van der Waals surface area contributed by atoms with Crippen molar-refractivity contribution in [3.8, 4) is 0 Å². The van der Waals surface area contributed by atoms with Crippen LogP contribution in [0.4, 0.5) is 0 Å². The molecule has 0 aliphatic heterocycles. The topological polar surface area (TPSA) is 34.1 Å². The summed E-state index contributed by atoms with van der Waals surface area (Å²) in [4.78, 5) is 20.6. The summed E-state index contributed by atoms with van der Waals surface area (Å²) in [6.07, 6.45) is 2.61. The number of rotatable bonds is 3. The first kappa shape index (κ1) is 9.86. The highest BCUT2D eigenvalue weighted by atomic mass is 79.9. The van der Waals surface area contributed by atoms with Gasteiger partial charge in [-0.15, -0.1) is 0 Å². The van der Waals surface area contributed by atoms with Gasteiger partial charge in [0.05, 0.1) is 5.57 Å². The smallest absolute Gasteiger partial charge is 0.153 e. The van der Waals surface area contributed by atoms with Gasteiger partial charge in [-0.25, -0.2) is 0 Å². The normalized spacial score (nSPS) is 9.00. The highest BCUT2D eigenvalue weighted by molar-refractivity contribution is 9.10. The zero-order valence-corrected chi connectivity index (χ0v) is 8.32. The highest BCUT2D eigenvalue weighted by Gasteiger charge is 1.93. The van der Waals surface area contributed by atoms with Gasteiger partial charge in [-0.05, 0) is 23.8 Å². The molecule has 0 aliphatic rings. The highest BCUT2D eigenvalue weighted by Crippen LogP contribution is 2.12. The first-order valence-electron chi connectivity index (χ1n) is 3.64. The van der Waals surface area contributed by atoms with Crippen molar-refractivity contribution in [1.29, 1.82) is 0 Å². The largest absolute Gasteiger partial charge is 0.298 e. The summed E-state index contributed by atoms with van der Waals surface area (Å²) in [5.41, 5.74) is 0.972. The summed E-state index contributed by atoms with van der Waals surface area (Å²) in [5, 5.41) is 0. The molecule has 0 spiro atoms. The van der Waals surface area contributed by atoms with Gasteiger partial charge in [0.15, 0.2) is 12.6 Å². The predicted octanol–water partition coefficient (Wildman–Crippen LogP) is 2.23. The molecule has 0 radical (unpaired) electrons. The molecule has 0 aliphatic carbocycles. The second kappa shape index (κ2) is 4.72. The van der Waals surface area contributed by atoms with Gasteiger partial charge in [0.2, 0.25) is 0 Å². The molecule has 0 N–H and O–H groups in total. The summed E-state index contributed by atoms with van der Waals surface area (Å²) in [6.45, 7) is 0. The molecule has 0 saturated heterocycles. The summed E-state index contributed by atoms with van der Waals surface area (Å²) < 4.78 is 0.961. The van der Waals surface area contributed by atoms with E-state index in [1.807, 2.05) is 24.3 Å². The van der Waals surface area contributed by atoms with Crippen LogP contribution < -0.4 is 0 Å². The van der Waals surface area contributed by atoms with Gasteiger partial charge in [0.25, 0.3) is 0 Å². The van der Waals surface area contributed by atoms with Crippen LogP contribution in [0.2, 0.25) is 0 Å². The summed E-state index contributed by atoms with van der Waals surface area (Å²) in [5.74, 6) is 0. The molecule has 0 aromatic heterocycles. The molecule has 0 bridgehead atoms. The molecule has 1 aromatic rings. The molecule has 2 nitrogen and oxygen atoms in total. The first-order chi connectivity index (χ1) is 6.26. The molecule has 0 atom stereocenters. The van der Waals surface area contributed by atoms with Crippen molar-refractivity contribution < 1.29 is 9.59 Å².